The number of carbonyl (C=O) groups excluding carboxylic acids is 2. The molecule has 2 amide bonds. The van der Waals surface area contributed by atoms with Crippen molar-refractivity contribution < 1.29 is 18.4 Å². The number of hydrogen-bond donors (Lipinski definition) is 2. The summed E-state index contributed by atoms with van der Waals surface area (Å²) in [5.74, 6) is -3.73. The fraction of sp³-hybridized carbons (Fsp3) is 0. The number of hydrogen-bond acceptors (Lipinski definition) is 2. The highest BCUT2D eigenvalue weighted by atomic mass is 19.1. The molecule has 2 N–H and O–H groups in total. The molecule has 0 radical (unpaired) electrons. The first-order chi connectivity index (χ1) is 11.5. The number of anilines is 2. The summed E-state index contributed by atoms with van der Waals surface area (Å²) in [5, 5.41) is 6.44. The van der Waals surface area contributed by atoms with Crippen LogP contribution < -0.4 is 10.6 Å². The molecule has 3 rings (SSSR count). The first kappa shape index (κ1) is 15.6. The van der Waals surface area contributed by atoms with E-state index in [0.717, 1.165) is 22.9 Å². The molecule has 0 unspecified atom stereocenters. The Bertz CT molecular complexity index is 941. The third kappa shape index (κ3) is 3.38. The van der Waals surface area contributed by atoms with E-state index in [-0.39, 0.29) is 5.69 Å². The summed E-state index contributed by atoms with van der Waals surface area (Å²) in [6, 6.07) is 15.4. The van der Waals surface area contributed by atoms with E-state index in [2.05, 4.69) is 10.6 Å². The summed E-state index contributed by atoms with van der Waals surface area (Å²) in [5.41, 5.74) is 0.170. The van der Waals surface area contributed by atoms with Gasteiger partial charge in [-0.2, -0.15) is 0 Å². The standard InChI is InChI=1S/C18H12F2N2O2/c19-13-6-8-16(15(20)10-13)22-18(24)17(23)21-14-7-5-11-3-1-2-4-12(11)9-14/h1-10H,(H,21,23)(H,22,24). The molecule has 0 saturated heterocycles. The normalized spacial score (nSPS) is 10.4. The highest BCUT2D eigenvalue weighted by Crippen LogP contribution is 2.19. The lowest BCUT2D eigenvalue weighted by Crippen LogP contribution is -2.29. The van der Waals surface area contributed by atoms with Gasteiger partial charge in [0, 0.05) is 11.8 Å². The van der Waals surface area contributed by atoms with Crippen molar-refractivity contribution in [2.45, 2.75) is 0 Å². The van der Waals surface area contributed by atoms with Crippen LogP contribution in [0.15, 0.2) is 60.7 Å². The Morgan fingerprint density at radius 1 is 0.750 bits per heavy atom. The van der Waals surface area contributed by atoms with Gasteiger partial charge in [0.2, 0.25) is 0 Å². The van der Waals surface area contributed by atoms with Crippen LogP contribution in [0.3, 0.4) is 0 Å². The lowest BCUT2D eigenvalue weighted by atomic mass is 10.1. The van der Waals surface area contributed by atoms with Gasteiger partial charge in [-0.05, 0) is 35.0 Å². The Labute approximate surface area is 136 Å². The van der Waals surface area contributed by atoms with Gasteiger partial charge in [-0.15, -0.1) is 0 Å². The number of halogens is 2. The van der Waals surface area contributed by atoms with Crippen molar-refractivity contribution in [1.29, 1.82) is 0 Å². The molecule has 6 heteroatoms. The zero-order valence-electron chi connectivity index (χ0n) is 12.3. The van der Waals surface area contributed by atoms with Gasteiger partial charge in [-0.1, -0.05) is 30.3 Å². The van der Waals surface area contributed by atoms with Gasteiger partial charge in [0.25, 0.3) is 0 Å². The van der Waals surface area contributed by atoms with Crippen LogP contribution in [0, 0.1) is 11.6 Å². The maximum atomic E-state index is 13.5. The van der Waals surface area contributed by atoms with Crippen LogP contribution in [-0.4, -0.2) is 11.8 Å². The fourth-order valence-electron chi connectivity index (χ4n) is 2.22. The number of carbonyl (C=O) groups is 2. The number of benzene rings is 3. The monoisotopic (exact) mass is 326 g/mol. The number of nitrogens with one attached hydrogen (secondary N) is 2. The second-order valence-corrected chi connectivity index (χ2v) is 5.09. The molecule has 4 nitrogen and oxygen atoms in total. The van der Waals surface area contributed by atoms with Crippen molar-refractivity contribution in [2.24, 2.45) is 0 Å². The van der Waals surface area contributed by atoms with Crippen LogP contribution in [0.1, 0.15) is 0 Å². The molecule has 0 fully saturated rings. The van der Waals surface area contributed by atoms with Crippen molar-refractivity contribution >= 4 is 34.0 Å². The summed E-state index contributed by atoms with van der Waals surface area (Å²) >= 11 is 0. The zero-order valence-corrected chi connectivity index (χ0v) is 12.3. The van der Waals surface area contributed by atoms with Crippen LogP contribution in [0.5, 0.6) is 0 Å². The first-order valence-corrected chi connectivity index (χ1v) is 7.09. The Kier molecular flexibility index (Phi) is 4.20. The third-order valence-electron chi connectivity index (χ3n) is 3.39. The van der Waals surface area contributed by atoms with E-state index < -0.39 is 23.4 Å². The van der Waals surface area contributed by atoms with Gasteiger partial charge in [0.15, 0.2) is 0 Å². The van der Waals surface area contributed by atoms with Crippen LogP contribution in [0.2, 0.25) is 0 Å². The van der Waals surface area contributed by atoms with Crippen LogP contribution >= 0.6 is 0 Å². The summed E-state index contributed by atoms with van der Waals surface area (Å²) in [7, 11) is 0. The quantitative estimate of drug-likeness (QED) is 0.706. The molecule has 0 aliphatic rings. The molecule has 24 heavy (non-hydrogen) atoms. The number of amides is 2. The second kappa shape index (κ2) is 6.45. The van der Waals surface area contributed by atoms with Crippen molar-refractivity contribution in [3.05, 3.63) is 72.3 Å². The topological polar surface area (TPSA) is 58.2 Å². The Morgan fingerprint density at radius 3 is 2.21 bits per heavy atom. The van der Waals surface area contributed by atoms with Gasteiger partial charge in [-0.25, -0.2) is 8.78 Å². The van der Waals surface area contributed by atoms with E-state index in [4.69, 9.17) is 0 Å². The molecular weight excluding hydrogens is 314 g/mol. The van der Waals surface area contributed by atoms with E-state index in [1.54, 1.807) is 12.1 Å². The summed E-state index contributed by atoms with van der Waals surface area (Å²) in [6.07, 6.45) is 0. The second-order valence-electron chi connectivity index (χ2n) is 5.09. The van der Waals surface area contributed by atoms with E-state index in [1.165, 1.54) is 0 Å². The van der Waals surface area contributed by atoms with E-state index in [1.807, 2.05) is 30.3 Å². The molecule has 0 bridgehead atoms. The molecule has 0 saturated carbocycles. The van der Waals surface area contributed by atoms with Gasteiger partial charge >= 0.3 is 11.8 Å². The van der Waals surface area contributed by atoms with Crippen molar-refractivity contribution in [3.8, 4) is 0 Å². The molecule has 0 aliphatic heterocycles. The van der Waals surface area contributed by atoms with Crippen LogP contribution in [0.25, 0.3) is 10.8 Å². The molecule has 120 valence electrons. The minimum Gasteiger partial charge on any atom is -0.318 e. The van der Waals surface area contributed by atoms with Gasteiger partial charge in [0.1, 0.15) is 11.6 Å². The number of fused-ring (bicyclic) bond motifs is 1. The highest BCUT2D eigenvalue weighted by Gasteiger charge is 2.16. The maximum Gasteiger partial charge on any atom is 0.314 e. The minimum atomic E-state index is -1.05. The van der Waals surface area contributed by atoms with Gasteiger partial charge in [-0.3, -0.25) is 9.59 Å². The molecule has 0 heterocycles. The van der Waals surface area contributed by atoms with E-state index >= 15 is 0 Å². The minimum absolute atomic E-state index is 0.268. The van der Waals surface area contributed by atoms with Gasteiger partial charge < -0.3 is 10.6 Å². The zero-order chi connectivity index (χ0) is 17.1. The largest absolute Gasteiger partial charge is 0.318 e. The average Bonchev–Trinajstić information content (AvgIpc) is 2.57. The molecule has 3 aromatic rings. The number of rotatable bonds is 2. The van der Waals surface area contributed by atoms with Crippen molar-refractivity contribution in [1.82, 2.24) is 0 Å². The van der Waals surface area contributed by atoms with Crippen LogP contribution in [0.4, 0.5) is 20.2 Å². The third-order valence-corrected chi connectivity index (χ3v) is 3.39. The smallest absolute Gasteiger partial charge is 0.314 e. The molecule has 0 aromatic heterocycles. The predicted molar refractivity (Wildman–Crippen MR) is 87.6 cm³/mol. The summed E-state index contributed by atoms with van der Waals surface area (Å²) < 4.78 is 26.3. The molecular formula is C18H12F2N2O2. The maximum absolute atomic E-state index is 13.5. The Balaban J connectivity index is 1.72. The van der Waals surface area contributed by atoms with E-state index in [0.29, 0.717) is 11.8 Å². The lowest BCUT2D eigenvalue weighted by Gasteiger charge is -2.08. The Morgan fingerprint density at radius 2 is 1.46 bits per heavy atom. The molecule has 0 atom stereocenters. The fourth-order valence-corrected chi connectivity index (χ4v) is 2.22. The molecule has 0 aliphatic carbocycles. The van der Waals surface area contributed by atoms with Crippen LogP contribution in [-0.2, 0) is 9.59 Å². The Hall–Kier alpha value is -3.28. The summed E-state index contributed by atoms with van der Waals surface area (Å²) in [6.45, 7) is 0. The molecule has 3 aromatic carbocycles. The van der Waals surface area contributed by atoms with Crippen molar-refractivity contribution in [3.63, 3.8) is 0 Å². The van der Waals surface area contributed by atoms with Gasteiger partial charge in [0.05, 0.1) is 5.69 Å². The highest BCUT2D eigenvalue weighted by molar-refractivity contribution is 6.43. The SMILES string of the molecule is O=C(Nc1ccc2ccccc2c1)C(=O)Nc1ccc(F)cc1F. The predicted octanol–water partition coefficient (Wildman–Crippen LogP) is 3.70. The summed E-state index contributed by atoms with van der Waals surface area (Å²) in [4.78, 5) is 23.7. The van der Waals surface area contributed by atoms with Crippen molar-refractivity contribution in [2.75, 3.05) is 10.6 Å². The molecule has 0 spiro atoms. The lowest BCUT2D eigenvalue weighted by molar-refractivity contribution is -0.133. The average molecular weight is 326 g/mol. The van der Waals surface area contributed by atoms with E-state index in [9.17, 15) is 18.4 Å². The first-order valence-electron chi connectivity index (χ1n) is 7.09.